The number of benzene rings is 1. The van der Waals surface area contributed by atoms with Crippen LogP contribution in [0.15, 0.2) is 22.7 Å². The molecule has 0 radical (unpaired) electrons. The smallest absolute Gasteiger partial charge is 0.253 e. The Balaban J connectivity index is 2.07. The van der Waals surface area contributed by atoms with E-state index in [1.54, 1.807) is 12.1 Å². The summed E-state index contributed by atoms with van der Waals surface area (Å²) in [4.78, 5) is 14.3. The van der Waals surface area contributed by atoms with Crippen LogP contribution in [-0.4, -0.2) is 23.9 Å². The van der Waals surface area contributed by atoms with Crippen LogP contribution in [0.3, 0.4) is 0 Å². The molecule has 2 nitrogen and oxygen atoms in total. The lowest BCUT2D eigenvalue weighted by molar-refractivity contribution is 0.0635. The van der Waals surface area contributed by atoms with Crippen LogP contribution in [0.5, 0.6) is 0 Å². The van der Waals surface area contributed by atoms with Crippen molar-refractivity contribution in [3.05, 3.63) is 34.1 Å². The first-order valence-corrected chi connectivity index (χ1v) is 7.82. The number of hydrogen-bond donors (Lipinski definition) is 0. The fourth-order valence-corrected chi connectivity index (χ4v) is 3.15. The van der Waals surface area contributed by atoms with Gasteiger partial charge in [-0.2, -0.15) is 0 Å². The second-order valence-corrected chi connectivity index (χ2v) is 7.29. The molecule has 1 fully saturated rings. The van der Waals surface area contributed by atoms with Gasteiger partial charge in [0.2, 0.25) is 0 Å². The highest BCUT2D eigenvalue weighted by atomic mass is 79.9. The van der Waals surface area contributed by atoms with Crippen LogP contribution in [0, 0.1) is 11.2 Å². The third-order valence-corrected chi connectivity index (χ3v) is 4.95. The van der Waals surface area contributed by atoms with Gasteiger partial charge in [0.1, 0.15) is 5.82 Å². The fourth-order valence-electron chi connectivity index (χ4n) is 2.77. The van der Waals surface area contributed by atoms with E-state index in [1.165, 1.54) is 6.07 Å². The summed E-state index contributed by atoms with van der Waals surface area (Å²) in [6, 6.07) is 4.72. The van der Waals surface area contributed by atoms with E-state index in [4.69, 9.17) is 0 Å². The molecule has 1 amide bonds. The van der Waals surface area contributed by atoms with Gasteiger partial charge in [-0.25, -0.2) is 4.39 Å². The first kappa shape index (κ1) is 15.5. The van der Waals surface area contributed by atoms with Gasteiger partial charge in [-0.05, 0) is 65.2 Å². The van der Waals surface area contributed by atoms with Crippen LogP contribution in [-0.2, 0) is 0 Å². The lowest BCUT2D eigenvalue weighted by Crippen LogP contribution is -2.40. The van der Waals surface area contributed by atoms with Crippen molar-refractivity contribution >= 4 is 21.8 Å². The van der Waals surface area contributed by atoms with E-state index in [0.717, 1.165) is 25.7 Å². The highest BCUT2D eigenvalue weighted by molar-refractivity contribution is 9.10. The largest absolute Gasteiger partial charge is 0.339 e. The number of carbonyl (C=O) groups excluding carboxylic acids is 1. The molecule has 0 heterocycles. The number of amides is 1. The van der Waals surface area contributed by atoms with Gasteiger partial charge in [0, 0.05) is 18.7 Å². The van der Waals surface area contributed by atoms with Crippen LogP contribution in [0.2, 0.25) is 0 Å². The van der Waals surface area contributed by atoms with Crippen LogP contribution in [0.4, 0.5) is 4.39 Å². The van der Waals surface area contributed by atoms with Crippen molar-refractivity contribution in [3.63, 3.8) is 0 Å². The van der Waals surface area contributed by atoms with Gasteiger partial charge < -0.3 is 4.90 Å². The van der Waals surface area contributed by atoms with Crippen molar-refractivity contribution in [2.75, 3.05) is 7.05 Å². The highest BCUT2D eigenvalue weighted by Crippen LogP contribution is 2.36. The van der Waals surface area contributed by atoms with Crippen LogP contribution in [0.1, 0.15) is 49.9 Å². The van der Waals surface area contributed by atoms with Gasteiger partial charge in [0.05, 0.1) is 4.47 Å². The quantitative estimate of drug-likeness (QED) is 0.767. The second-order valence-electron chi connectivity index (χ2n) is 6.44. The van der Waals surface area contributed by atoms with Crippen molar-refractivity contribution in [1.82, 2.24) is 4.90 Å². The van der Waals surface area contributed by atoms with Crippen molar-refractivity contribution < 1.29 is 9.18 Å². The van der Waals surface area contributed by atoms with Crippen molar-refractivity contribution in [3.8, 4) is 0 Å². The Morgan fingerprint density at radius 1 is 1.35 bits per heavy atom. The van der Waals surface area contributed by atoms with Crippen LogP contribution >= 0.6 is 15.9 Å². The number of halogens is 2. The average Bonchev–Trinajstić information content (AvgIpc) is 2.40. The second kappa shape index (κ2) is 5.84. The summed E-state index contributed by atoms with van der Waals surface area (Å²) in [5.41, 5.74) is 0.921. The molecule has 0 saturated heterocycles. The molecule has 0 spiro atoms. The molecule has 1 aliphatic rings. The van der Waals surface area contributed by atoms with Gasteiger partial charge >= 0.3 is 0 Å². The topological polar surface area (TPSA) is 20.3 Å². The zero-order valence-electron chi connectivity index (χ0n) is 12.2. The molecule has 0 unspecified atom stereocenters. The van der Waals surface area contributed by atoms with E-state index in [-0.39, 0.29) is 11.7 Å². The Kier molecular flexibility index (Phi) is 4.52. The predicted molar refractivity (Wildman–Crippen MR) is 82.2 cm³/mol. The lowest BCUT2D eigenvalue weighted by atomic mass is 9.75. The number of carbonyl (C=O) groups is 1. The van der Waals surface area contributed by atoms with Crippen molar-refractivity contribution in [2.24, 2.45) is 5.41 Å². The van der Waals surface area contributed by atoms with Crippen LogP contribution < -0.4 is 0 Å². The molecular formula is C16H21BrFNO. The summed E-state index contributed by atoms with van der Waals surface area (Å²) in [6.45, 7) is 4.56. The van der Waals surface area contributed by atoms with Gasteiger partial charge in [0.15, 0.2) is 0 Å². The molecule has 0 aliphatic heterocycles. The Hall–Kier alpha value is -0.900. The molecule has 1 aromatic rings. The summed E-state index contributed by atoms with van der Waals surface area (Å²) < 4.78 is 13.6. The van der Waals surface area contributed by atoms with Crippen molar-refractivity contribution in [1.29, 1.82) is 0 Å². The maximum Gasteiger partial charge on any atom is 0.253 e. The monoisotopic (exact) mass is 341 g/mol. The maximum absolute atomic E-state index is 13.2. The maximum atomic E-state index is 13.2. The third-order valence-electron chi connectivity index (χ3n) is 4.34. The lowest BCUT2D eigenvalue weighted by Gasteiger charge is -2.38. The minimum Gasteiger partial charge on any atom is -0.339 e. The number of nitrogens with zero attached hydrogens (tertiary/aromatic N) is 1. The Labute approximate surface area is 128 Å². The zero-order chi connectivity index (χ0) is 14.9. The van der Waals surface area contributed by atoms with Gasteiger partial charge in [0.25, 0.3) is 5.91 Å². The van der Waals surface area contributed by atoms with Gasteiger partial charge in [-0.3, -0.25) is 4.79 Å². The SMILES string of the molecule is CN(C(=O)c1ccc(F)c(Br)c1)C1CCC(C)(C)CC1. The first-order valence-electron chi connectivity index (χ1n) is 7.02. The molecule has 0 N–H and O–H groups in total. The Morgan fingerprint density at radius 3 is 2.50 bits per heavy atom. The molecular weight excluding hydrogens is 321 g/mol. The summed E-state index contributed by atoms with van der Waals surface area (Å²) in [5.74, 6) is -0.376. The summed E-state index contributed by atoms with van der Waals surface area (Å²) in [7, 11) is 1.85. The molecule has 1 aromatic carbocycles. The Morgan fingerprint density at radius 2 is 1.95 bits per heavy atom. The molecule has 1 aliphatic carbocycles. The molecule has 20 heavy (non-hydrogen) atoms. The normalized spacial score (nSPS) is 18.9. The predicted octanol–water partition coefficient (Wildman–Crippen LogP) is 4.63. The standard InChI is InChI=1S/C16H21BrFNO/c1-16(2)8-6-12(7-9-16)19(3)15(20)11-4-5-14(18)13(17)10-11/h4-5,10,12H,6-9H2,1-3H3. The van der Waals surface area contributed by atoms with E-state index >= 15 is 0 Å². The average molecular weight is 342 g/mol. The summed E-state index contributed by atoms with van der Waals surface area (Å²) in [6.07, 6.45) is 4.36. The van der Waals surface area contributed by atoms with E-state index in [0.29, 0.717) is 21.5 Å². The zero-order valence-corrected chi connectivity index (χ0v) is 13.8. The minimum absolute atomic E-state index is 0.0320. The molecule has 0 bridgehead atoms. The van der Waals surface area contributed by atoms with E-state index in [9.17, 15) is 9.18 Å². The summed E-state index contributed by atoms with van der Waals surface area (Å²) in [5, 5.41) is 0. The van der Waals surface area contributed by atoms with E-state index in [1.807, 2.05) is 11.9 Å². The van der Waals surface area contributed by atoms with Gasteiger partial charge in [-0.1, -0.05) is 13.8 Å². The third kappa shape index (κ3) is 3.40. The van der Waals surface area contributed by atoms with Crippen LogP contribution in [0.25, 0.3) is 0 Å². The molecule has 2 rings (SSSR count). The first-order chi connectivity index (χ1) is 9.30. The highest BCUT2D eigenvalue weighted by Gasteiger charge is 2.30. The number of rotatable bonds is 2. The molecule has 4 heteroatoms. The summed E-state index contributed by atoms with van der Waals surface area (Å²) >= 11 is 3.13. The number of hydrogen-bond acceptors (Lipinski definition) is 1. The van der Waals surface area contributed by atoms with Crippen molar-refractivity contribution in [2.45, 2.75) is 45.6 Å². The Bertz CT molecular complexity index is 505. The molecule has 0 atom stereocenters. The minimum atomic E-state index is -0.344. The van der Waals surface area contributed by atoms with Gasteiger partial charge in [-0.15, -0.1) is 0 Å². The fraction of sp³-hybridized carbons (Fsp3) is 0.562. The molecule has 0 aromatic heterocycles. The molecule has 1 saturated carbocycles. The van der Waals surface area contributed by atoms with E-state index in [2.05, 4.69) is 29.8 Å². The van der Waals surface area contributed by atoms with E-state index < -0.39 is 0 Å². The molecule has 110 valence electrons.